The number of rotatable bonds is 1. The zero-order chi connectivity index (χ0) is 9.60. The molecule has 0 aromatic heterocycles. The van der Waals surface area contributed by atoms with Gasteiger partial charge >= 0.3 is 0 Å². The highest BCUT2D eigenvalue weighted by molar-refractivity contribution is 4.95. The van der Waals surface area contributed by atoms with Gasteiger partial charge in [0.25, 0.3) is 0 Å². The molecule has 1 spiro atoms. The summed E-state index contributed by atoms with van der Waals surface area (Å²) in [5.74, 6) is 1.02. The van der Waals surface area contributed by atoms with E-state index in [9.17, 15) is 0 Å². The van der Waals surface area contributed by atoms with Crippen molar-refractivity contribution in [2.75, 3.05) is 13.1 Å². The van der Waals surface area contributed by atoms with Gasteiger partial charge in [0.05, 0.1) is 0 Å². The van der Waals surface area contributed by atoms with Crippen LogP contribution in [0, 0.1) is 11.3 Å². The van der Waals surface area contributed by atoms with E-state index in [0.29, 0.717) is 0 Å². The number of piperidine rings is 1. The van der Waals surface area contributed by atoms with Crippen LogP contribution in [0.4, 0.5) is 0 Å². The van der Waals surface area contributed by atoms with Crippen LogP contribution in [0.1, 0.15) is 51.9 Å². The van der Waals surface area contributed by atoms with E-state index < -0.39 is 0 Å². The van der Waals surface area contributed by atoms with Crippen LogP contribution in [0.15, 0.2) is 0 Å². The molecular weight excluding hydrogens is 170 g/mol. The van der Waals surface area contributed by atoms with E-state index in [1.54, 1.807) is 0 Å². The van der Waals surface area contributed by atoms with Crippen molar-refractivity contribution in [1.82, 2.24) is 4.90 Å². The van der Waals surface area contributed by atoms with Crippen molar-refractivity contribution in [2.45, 2.75) is 57.9 Å². The maximum atomic E-state index is 2.76. The lowest BCUT2D eigenvalue weighted by Gasteiger charge is -2.39. The zero-order valence-electron chi connectivity index (χ0n) is 9.47. The summed E-state index contributed by atoms with van der Waals surface area (Å²) in [5.41, 5.74) is 0.796. The second kappa shape index (κ2) is 3.23. The van der Waals surface area contributed by atoms with Crippen LogP contribution in [0.2, 0.25) is 0 Å². The van der Waals surface area contributed by atoms with Crippen molar-refractivity contribution in [3.05, 3.63) is 0 Å². The average molecular weight is 193 g/mol. The molecule has 0 N–H and O–H groups in total. The van der Waals surface area contributed by atoms with Gasteiger partial charge in [-0.15, -0.1) is 0 Å². The van der Waals surface area contributed by atoms with Crippen LogP contribution in [0.5, 0.6) is 0 Å². The Morgan fingerprint density at radius 1 is 1.00 bits per heavy atom. The Bertz CT molecular complexity index is 211. The van der Waals surface area contributed by atoms with Gasteiger partial charge < -0.3 is 4.90 Å². The van der Waals surface area contributed by atoms with Crippen LogP contribution in [-0.2, 0) is 0 Å². The molecule has 0 bridgehead atoms. The molecule has 1 atom stereocenters. The van der Waals surface area contributed by atoms with Crippen molar-refractivity contribution < 1.29 is 0 Å². The first-order chi connectivity index (χ1) is 6.77. The molecule has 3 rings (SSSR count). The lowest BCUT2D eigenvalue weighted by Crippen LogP contribution is -2.40. The van der Waals surface area contributed by atoms with Crippen LogP contribution in [0.25, 0.3) is 0 Å². The molecule has 3 aliphatic rings. The second-order valence-electron chi connectivity index (χ2n) is 6.12. The van der Waals surface area contributed by atoms with E-state index >= 15 is 0 Å². The van der Waals surface area contributed by atoms with Gasteiger partial charge in [0.2, 0.25) is 0 Å². The van der Waals surface area contributed by atoms with E-state index in [2.05, 4.69) is 11.8 Å². The van der Waals surface area contributed by atoms with Crippen LogP contribution in [-0.4, -0.2) is 24.0 Å². The molecule has 2 aliphatic carbocycles. The fraction of sp³-hybridized carbons (Fsp3) is 1.00. The Kier molecular flexibility index (Phi) is 2.12. The molecular formula is C13H23N. The van der Waals surface area contributed by atoms with E-state index in [1.807, 2.05) is 0 Å². The van der Waals surface area contributed by atoms with E-state index in [0.717, 1.165) is 17.4 Å². The number of hydrogen-bond donors (Lipinski definition) is 0. The van der Waals surface area contributed by atoms with E-state index in [4.69, 9.17) is 0 Å². The van der Waals surface area contributed by atoms with Crippen molar-refractivity contribution in [2.24, 2.45) is 11.3 Å². The molecule has 80 valence electrons. The molecule has 0 aromatic carbocycles. The quantitative estimate of drug-likeness (QED) is 0.618. The van der Waals surface area contributed by atoms with E-state index in [-0.39, 0.29) is 0 Å². The van der Waals surface area contributed by atoms with Gasteiger partial charge in [0.1, 0.15) is 0 Å². The largest absolute Gasteiger partial charge is 0.300 e. The van der Waals surface area contributed by atoms with Crippen molar-refractivity contribution in [3.8, 4) is 0 Å². The molecule has 1 heteroatoms. The van der Waals surface area contributed by atoms with Crippen molar-refractivity contribution in [1.29, 1.82) is 0 Å². The fourth-order valence-corrected chi connectivity index (χ4v) is 3.75. The third-order valence-electron chi connectivity index (χ3n) is 4.87. The van der Waals surface area contributed by atoms with Crippen LogP contribution >= 0.6 is 0 Å². The maximum absolute atomic E-state index is 2.76. The third kappa shape index (κ3) is 1.60. The third-order valence-corrected chi connectivity index (χ3v) is 4.87. The van der Waals surface area contributed by atoms with Gasteiger partial charge in [-0.25, -0.2) is 0 Å². The maximum Gasteiger partial charge on any atom is 0.00964 e. The highest BCUT2D eigenvalue weighted by atomic mass is 15.2. The Balaban J connectivity index is 1.58. The minimum absolute atomic E-state index is 0.796. The van der Waals surface area contributed by atoms with Gasteiger partial charge in [-0.05, 0) is 62.9 Å². The molecule has 0 radical (unpaired) electrons. The second-order valence-corrected chi connectivity index (χ2v) is 6.12. The van der Waals surface area contributed by atoms with Crippen molar-refractivity contribution >= 4 is 0 Å². The molecule has 1 unspecified atom stereocenters. The molecule has 0 amide bonds. The lowest BCUT2D eigenvalue weighted by molar-refractivity contribution is 0.100. The molecule has 1 heterocycles. The average Bonchev–Trinajstić information content (AvgIpc) is 2.95. The predicted octanol–water partition coefficient (Wildman–Crippen LogP) is 3.05. The van der Waals surface area contributed by atoms with Crippen LogP contribution < -0.4 is 0 Å². The minimum atomic E-state index is 0.796. The predicted molar refractivity (Wildman–Crippen MR) is 59.3 cm³/mol. The zero-order valence-corrected chi connectivity index (χ0v) is 9.47. The van der Waals surface area contributed by atoms with Gasteiger partial charge in [0.15, 0.2) is 0 Å². The topological polar surface area (TPSA) is 3.24 Å². The van der Waals surface area contributed by atoms with Gasteiger partial charge in [-0.3, -0.25) is 0 Å². The Hall–Kier alpha value is -0.0400. The first kappa shape index (κ1) is 9.21. The molecule has 2 saturated carbocycles. The summed E-state index contributed by atoms with van der Waals surface area (Å²) in [6, 6.07) is 1.01. The Labute approximate surface area is 87.9 Å². The van der Waals surface area contributed by atoms with E-state index in [1.165, 1.54) is 58.0 Å². The highest BCUT2D eigenvalue weighted by Gasteiger charge is 2.42. The number of likely N-dealkylation sites (tertiary alicyclic amines) is 1. The first-order valence-corrected chi connectivity index (χ1v) is 6.52. The minimum Gasteiger partial charge on any atom is -0.300 e. The molecule has 14 heavy (non-hydrogen) atoms. The molecule has 1 aliphatic heterocycles. The fourth-order valence-electron chi connectivity index (χ4n) is 3.75. The van der Waals surface area contributed by atoms with Crippen molar-refractivity contribution in [3.63, 3.8) is 0 Å². The Morgan fingerprint density at radius 3 is 2.21 bits per heavy atom. The first-order valence-electron chi connectivity index (χ1n) is 6.52. The summed E-state index contributed by atoms with van der Waals surface area (Å²) in [4.78, 5) is 2.76. The molecule has 0 aromatic rings. The summed E-state index contributed by atoms with van der Waals surface area (Å²) in [7, 11) is 0. The number of hydrogen-bond acceptors (Lipinski definition) is 1. The standard InChI is InChI=1S/C13H23N/c1-11-4-5-13(10-11)6-8-14(9-7-13)12-2-3-12/h11-12H,2-10H2,1H3. The summed E-state index contributed by atoms with van der Waals surface area (Å²) in [6.07, 6.45) is 10.6. The Morgan fingerprint density at radius 2 is 1.71 bits per heavy atom. The summed E-state index contributed by atoms with van der Waals surface area (Å²) >= 11 is 0. The summed E-state index contributed by atoms with van der Waals surface area (Å²) in [5, 5.41) is 0. The normalized spacial score (nSPS) is 37.9. The van der Waals surface area contributed by atoms with Crippen LogP contribution in [0.3, 0.4) is 0 Å². The monoisotopic (exact) mass is 193 g/mol. The highest BCUT2D eigenvalue weighted by Crippen LogP contribution is 2.49. The lowest BCUT2D eigenvalue weighted by atomic mass is 9.76. The van der Waals surface area contributed by atoms with Gasteiger partial charge in [-0.1, -0.05) is 13.3 Å². The summed E-state index contributed by atoms with van der Waals surface area (Å²) < 4.78 is 0. The summed E-state index contributed by atoms with van der Waals surface area (Å²) in [6.45, 7) is 5.27. The van der Waals surface area contributed by atoms with Gasteiger partial charge in [-0.2, -0.15) is 0 Å². The molecule has 3 fully saturated rings. The van der Waals surface area contributed by atoms with Gasteiger partial charge in [0, 0.05) is 6.04 Å². The SMILES string of the molecule is CC1CCC2(CCN(C3CC3)CC2)C1. The molecule has 1 saturated heterocycles. The number of nitrogens with zero attached hydrogens (tertiary/aromatic N) is 1. The smallest absolute Gasteiger partial charge is 0.00964 e. The molecule has 1 nitrogen and oxygen atoms in total.